The number of rotatable bonds is 2. The second-order valence-corrected chi connectivity index (χ2v) is 6.04. The third-order valence-electron chi connectivity index (χ3n) is 2.83. The zero-order chi connectivity index (χ0) is 12.6. The van der Waals surface area contributed by atoms with E-state index in [2.05, 4.69) is 57.8 Å². The number of hydrogen-bond acceptors (Lipinski definition) is 1. The van der Waals surface area contributed by atoms with E-state index >= 15 is 0 Å². The molecular weight excluding hydrogens is 344 g/mol. The molecule has 0 spiro atoms. The minimum atomic E-state index is 0.114. The molecule has 0 N–H and O–H groups in total. The number of aryl methyl sites for hydroxylation is 3. The van der Waals surface area contributed by atoms with Crippen LogP contribution in [0.15, 0.2) is 33.2 Å². The van der Waals surface area contributed by atoms with Gasteiger partial charge in [0, 0.05) is 4.47 Å². The zero-order valence-corrected chi connectivity index (χ0v) is 13.2. The molecule has 1 heterocycles. The maximum Gasteiger partial charge on any atom is 0.122 e. The molecule has 1 unspecified atom stereocenters. The molecule has 1 aromatic heterocycles. The van der Waals surface area contributed by atoms with E-state index in [1.165, 1.54) is 16.7 Å². The molecule has 0 aliphatic heterocycles. The van der Waals surface area contributed by atoms with Gasteiger partial charge in [-0.2, -0.15) is 0 Å². The van der Waals surface area contributed by atoms with E-state index in [9.17, 15) is 0 Å². The van der Waals surface area contributed by atoms with Gasteiger partial charge in [0.2, 0.25) is 0 Å². The van der Waals surface area contributed by atoms with Crippen molar-refractivity contribution in [1.82, 2.24) is 0 Å². The van der Waals surface area contributed by atoms with Crippen molar-refractivity contribution in [1.29, 1.82) is 0 Å². The number of alkyl halides is 1. The van der Waals surface area contributed by atoms with E-state index in [1.54, 1.807) is 0 Å². The first-order chi connectivity index (χ1) is 7.99. The van der Waals surface area contributed by atoms with Crippen LogP contribution in [-0.4, -0.2) is 0 Å². The van der Waals surface area contributed by atoms with Crippen LogP contribution in [0, 0.1) is 20.8 Å². The van der Waals surface area contributed by atoms with E-state index < -0.39 is 0 Å². The Bertz CT molecular complexity index is 543. The summed E-state index contributed by atoms with van der Waals surface area (Å²) in [5, 5.41) is 0. The summed E-state index contributed by atoms with van der Waals surface area (Å²) in [6.45, 7) is 6.17. The Morgan fingerprint density at radius 1 is 1.06 bits per heavy atom. The van der Waals surface area contributed by atoms with E-state index in [0.29, 0.717) is 0 Å². The van der Waals surface area contributed by atoms with Gasteiger partial charge in [-0.3, -0.25) is 0 Å². The normalized spacial score (nSPS) is 12.8. The van der Waals surface area contributed by atoms with Crippen molar-refractivity contribution in [2.75, 3.05) is 0 Å². The summed E-state index contributed by atoms with van der Waals surface area (Å²) < 4.78 is 6.81. The SMILES string of the molecule is Cc1ccc(C(Br)c2cc(C)c(Br)cc2C)o1. The van der Waals surface area contributed by atoms with Crippen LogP contribution in [-0.2, 0) is 0 Å². The summed E-state index contributed by atoms with van der Waals surface area (Å²) in [4.78, 5) is 0.114. The summed E-state index contributed by atoms with van der Waals surface area (Å²) in [6, 6.07) is 8.35. The largest absolute Gasteiger partial charge is 0.465 e. The fraction of sp³-hybridized carbons (Fsp3) is 0.286. The van der Waals surface area contributed by atoms with Gasteiger partial charge in [-0.1, -0.05) is 37.9 Å². The Hall–Kier alpha value is -0.540. The predicted molar refractivity (Wildman–Crippen MR) is 77.8 cm³/mol. The van der Waals surface area contributed by atoms with Gasteiger partial charge < -0.3 is 4.42 Å². The average Bonchev–Trinajstić information content (AvgIpc) is 2.69. The molecule has 17 heavy (non-hydrogen) atoms. The molecule has 0 aliphatic carbocycles. The summed E-state index contributed by atoms with van der Waals surface area (Å²) in [7, 11) is 0. The van der Waals surface area contributed by atoms with Gasteiger partial charge in [0.05, 0.1) is 4.83 Å². The van der Waals surface area contributed by atoms with Gasteiger partial charge in [-0.05, 0) is 55.7 Å². The Morgan fingerprint density at radius 3 is 2.35 bits per heavy atom. The Kier molecular flexibility index (Phi) is 3.79. The summed E-state index contributed by atoms with van der Waals surface area (Å²) in [6.07, 6.45) is 0. The zero-order valence-electron chi connectivity index (χ0n) is 10.1. The molecule has 0 saturated heterocycles. The first kappa shape index (κ1) is 12.9. The van der Waals surface area contributed by atoms with E-state index in [1.807, 2.05) is 19.1 Å². The lowest BCUT2D eigenvalue weighted by Crippen LogP contribution is -1.96. The number of benzene rings is 1. The van der Waals surface area contributed by atoms with Crippen molar-refractivity contribution in [3.05, 3.63) is 56.9 Å². The molecule has 90 valence electrons. The second kappa shape index (κ2) is 4.99. The predicted octanol–water partition coefficient (Wildman–Crippen LogP) is 5.45. The molecule has 1 nitrogen and oxygen atoms in total. The van der Waals surface area contributed by atoms with Crippen LogP contribution < -0.4 is 0 Å². The van der Waals surface area contributed by atoms with Gasteiger partial charge in [-0.15, -0.1) is 0 Å². The van der Waals surface area contributed by atoms with Crippen LogP contribution in [0.25, 0.3) is 0 Å². The Balaban J connectivity index is 2.43. The van der Waals surface area contributed by atoms with Gasteiger partial charge in [0.25, 0.3) is 0 Å². The van der Waals surface area contributed by atoms with Crippen LogP contribution >= 0.6 is 31.9 Å². The molecule has 0 amide bonds. The van der Waals surface area contributed by atoms with Crippen LogP contribution in [0.2, 0.25) is 0 Å². The molecule has 0 saturated carbocycles. The van der Waals surface area contributed by atoms with Gasteiger partial charge >= 0.3 is 0 Å². The van der Waals surface area contributed by atoms with Crippen LogP contribution in [0.4, 0.5) is 0 Å². The van der Waals surface area contributed by atoms with Gasteiger partial charge in [0.15, 0.2) is 0 Å². The number of halogens is 2. The first-order valence-electron chi connectivity index (χ1n) is 5.46. The standard InChI is InChI=1S/C14H14Br2O/c1-8-7-12(15)9(2)6-11(8)14(16)13-5-4-10(3)17-13/h4-7,14H,1-3H3. The van der Waals surface area contributed by atoms with Gasteiger partial charge in [0.1, 0.15) is 11.5 Å². The van der Waals surface area contributed by atoms with E-state index in [-0.39, 0.29) is 4.83 Å². The lowest BCUT2D eigenvalue weighted by Gasteiger charge is -2.13. The average molecular weight is 358 g/mol. The number of hydrogen-bond donors (Lipinski definition) is 0. The molecular formula is C14H14Br2O. The summed E-state index contributed by atoms with van der Waals surface area (Å²) in [5.41, 5.74) is 3.73. The second-order valence-electron chi connectivity index (χ2n) is 4.27. The van der Waals surface area contributed by atoms with Crippen LogP contribution in [0.5, 0.6) is 0 Å². The highest BCUT2D eigenvalue weighted by atomic mass is 79.9. The van der Waals surface area contributed by atoms with Crippen molar-refractivity contribution in [3.63, 3.8) is 0 Å². The van der Waals surface area contributed by atoms with Crippen molar-refractivity contribution in [2.24, 2.45) is 0 Å². The molecule has 0 aliphatic rings. The summed E-state index contributed by atoms with van der Waals surface area (Å²) >= 11 is 7.26. The lowest BCUT2D eigenvalue weighted by molar-refractivity contribution is 0.491. The molecule has 0 fully saturated rings. The van der Waals surface area contributed by atoms with E-state index in [4.69, 9.17) is 4.42 Å². The third-order valence-corrected chi connectivity index (χ3v) is 4.63. The Labute approximate surface area is 118 Å². The monoisotopic (exact) mass is 356 g/mol. The summed E-state index contributed by atoms with van der Waals surface area (Å²) in [5.74, 6) is 1.89. The van der Waals surface area contributed by atoms with Crippen molar-refractivity contribution < 1.29 is 4.42 Å². The molecule has 2 aromatic rings. The quantitative estimate of drug-likeness (QED) is 0.651. The lowest BCUT2D eigenvalue weighted by atomic mass is 10.0. The van der Waals surface area contributed by atoms with Crippen LogP contribution in [0.1, 0.15) is 33.0 Å². The van der Waals surface area contributed by atoms with Crippen molar-refractivity contribution in [2.45, 2.75) is 25.6 Å². The highest BCUT2D eigenvalue weighted by Gasteiger charge is 2.17. The fourth-order valence-electron chi connectivity index (χ4n) is 1.82. The minimum Gasteiger partial charge on any atom is -0.465 e. The third kappa shape index (κ3) is 2.66. The maximum absolute atomic E-state index is 5.67. The molecule has 1 atom stereocenters. The first-order valence-corrected chi connectivity index (χ1v) is 7.17. The Morgan fingerprint density at radius 2 is 1.76 bits per heavy atom. The van der Waals surface area contributed by atoms with Crippen LogP contribution in [0.3, 0.4) is 0 Å². The highest BCUT2D eigenvalue weighted by molar-refractivity contribution is 9.10. The van der Waals surface area contributed by atoms with Gasteiger partial charge in [-0.25, -0.2) is 0 Å². The molecule has 1 aromatic carbocycles. The van der Waals surface area contributed by atoms with Crippen molar-refractivity contribution >= 4 is 31.9 Å². The molecule has 2 rings (SSSR count). The smallest absolute Gasteiger partial charge is 0.122 e. The molecule has 0 bridgehead atoms. The van der Waals surface area contributed by atoms with E-state index in [0.717, 1.165) is 16.0 Å². The molecule has 0 radical (unpaired) electrons. The molecule has 3 heteroatoms. The topological polar surface area (TPSA) is 13.1 Å². The maximum atomic E-state index is 5.67. The number of furan rings is 1. The highest BCUT2D eigenvalue weighted by Crippen LogP contribution is 2.35. The minimum absolute atomic E-state index is 0.114. The van der Waals surface area contributed by atoms with Crippen molar-refractivity contribution in [3.8, 4) is 0 Å². The fourth-order valence-corrected chi connectivity index (χ4v) is 3.02.